The van der Waals surface area contributed by atoms with Gasteiger partial charge in [-0.15, -0.1) is 5.10 Å². The van der Waals surface area contributed by atoms with Crippen molar-refractivity contribution in [3.8, 4) is 11.8 Å². The molecule has 0 bridgehead atoms. The fraction of sp³-hybridized carbons (Fsp3) is 0.333. The van der Waals surface area contributed by atoms with Gasteiger partial charge in [-0.1, -0.05) is 17.7 Å². The van der Waals surface area contributed by atoms with Crippen molar-refractivity contribution in [2.75, 3.05) is 11.1 Å². The zero-order valence-corrected chi connectivity index (χ0v) is 12.4. The number of benzene rings is 1. The maximum absolute atomic E-state index is 9.33. The van der Waals surface area contributed by atoms with Gasteiger partial charge in [0.25, 0.3) is 0 Å². The van der Waals surface area contributed by atoms with Crippen LogP contribution in [0, 0.1) is 17.2 Å². The number of nitrogen functional groups attached to an aromatic ring is 1. The molecule has 1 aliphatic rings. The van der Waals surface area contributed by atoms with E-state index in [0.29, 0.717) is 34.2 Å². The lowest BCUT2D eigenvalue weighted by Gasteiger charge is -2.11. The highest BCUT2D eigenvalue weighted by Gasteiger charge is 2.29. The Balaban J connectivity index is 1.98. The van der Waals surface area contributed by atoms with Crippen LogP contribution in [0.2, 0.25) is 5.02 Å². The summed E-state index contributed by atoms with van der Waals surface area (Å²) in [6.07, 6.45) is 2.45. The van der Waals surface area contributed by atoms with Crippen molar-refractivity contribution in [3.05, 3.63) is 34.9 Å². The third-order valence-electron chi connectivity index (χ3n) is 3.78. The summed E-state index contributed by atoms with van der Waals surface area (Å²) in [6, 6.07) is 9.64. The lowest BCUT2D eigenvalue weighted by Crippen LogP contribution is -2.18. The van der Waals surface area contributed by atoms with Gasteiger partial charge in [-0.05, 0) is 43.9 Å². The molecule has 1 unspecified atom stereocenters. The Hall–Kier alpha value is -2.19. The Kier molecular flexibility index (Phi) is 3.48. The zero-order chi connectivity index (χ0) is 15.0. The van der Waals surface area contributed by atoms with Crippen molar-refractivity contribution in [2.45, 2.75) is 25.8 Å². The first kappa shape index (κ1) is 13.8. The van der Waals surface area contributed by atoms with Gasteiger partial charge in [0.05, 0.1) is 5.69 Å². The standard InChI is InChI=1S/C15H16ClN5/c1-9(10-5-6-10)19-15-13(8-17)14(18)21(20-15)12-4-2-3-11(16)7-12/h2-4,7,9-10H,5-6,18H2,1H3,(H,19,20). The summed E-state index contributed by atoms with van der Waals surface area (Å²) in [4.78, 5) is 0. The molecule has 108 valence electrons. The van der Waals surface area contributed by atoms with E-state index in [1.54, 1.807) is 16.8 Å². The first-order valence-electron chi connectivity index (χ1n) is 6.91. The molecule has 0 spiro atoms. The normalized spacial score (nSPS) is 15.5. The van der Waals surface area contributed by atoms with E-state index in [9.17, 15) is 5.26 Å². The van der Waals surface area contributed by atoms with Crippen LogP contribution in [0.3, 0.4) is 0 Å². The van der Waals surface area contributed by atoms with Crippen LogP contribution in [0.25, 0.3) is 5.69 Å². The third kappa shape index (κ3) is 2.67. The monoisotopic (exact) mass is 301 g/mol. The van der Waals surface area contributed by atoms with Crippen LogP contribution in [-0.2, 0) is 0 Å². The van der Waals surface area contributed by atoms with Crippen LogP contribution >= 0.6 is 11.6 Å². The molecule has 6 heteroatoms. The van der Waals surface area contributed by atoms with E-state index in [0.717, 1.165) is 5.69 Å². The largest absolute Gasteiger partial charge is 0.382 e. The minimum Gasteiger partial charge on any atom is -0.382 e. The first-order chi connectivity index (χ1) is 10.1. The average Bonchev–Trinajstić information content (AvgIpc) is 3.25. The molecule has 1 heterocycles. The second kappa shape index (κ2) is 5.30. The van der Waals surface area contributed by atoms with Crippen molar-refractivity contribution in [3.63, 3.8) is 0 Å². The van der Waals surface area contributed by atoms with E-state index < -0.39 is 0 Å². The van der Waals surface area contributed by atoms with Crippen molar-refractivity contribution in [1.29, 1.82) is 5.26 Å². The molecule has 1 atom stereocenters. The van der Waals surface area contributed by atoms with Crippen LogP contribution in [-0.4, -0.2) is 15.8 Å². The van der Waals surface area contributed by atoms with Crippen LogP contribution in [0.15, 0.2) is 24.3 Å². The summed E-state index contributed by atoms with van der Waals surface area (Å²) in [5, 5.41) is 17.7. The number of rotatable bonds is 4. The summed E-state index contributed by atoms with van der Waals surface area (Å²) in [5.41, 5.74) is 7.18. The van der Waals surface area contributed by atoms with Gasteiger partial charge in [0, 0.05) is 11.1 Å². The number of nitrogens with one attached hydrogen (secondary N) is 1. The average molecular weight is 302 g/mol. The Morgan fingerprint density at radius 2 is 2.29 bits per heavy atom. The highest BCUT2D eigenvalue weighted by atomic mass is 35.5. The van der Waals surface area contributed by atoms with Crippen LogP contribution < -0.4 is 11.1 Å². The minimum absolute atomic E-state index is 0.291. The van der Waals surface area contributed by atoms with Gasteiger partial charge in [-0.2, -0.15) is 5.26 Å². The molecule has 2 aromatic rings. The molecule has 3 rings (SSSR count). The smallest absolute Gasteiger partial charge is 0.168 e. The van der Waals surface area contributed by atoms with Gasteiger partial charge in [-0.25, -0.2) is 4.68 Å². The lowest BCUT2D eigenvalue weighted by molar-refractivity contribution is 0.687. The lowest BCUT2D eigenvalue weighted by atomic mass is 10.2. The molecule has 5 nitrogen and oxygen atoms in total. The highest BCUT2D eigenvalue weighted by Crippen LogP contribution is 2.35. The number of hydrogen-bond donors (Lipinski definition) is 2. The van der Waals surface area contributed by atoms with Gasteiger partial charge in [0.1, 0.15) is 17.5 Å². The maximum Gasteiger partial charge on any atom is 0.168 e. The quantitative estimate of drug-likeness (QED) is 0.909. The van der Waals surface area contributed by atoms with E-state index in [4.69, 9.17) is 17.3 Å². The number of nitrogens with two attached hydrogens (primary N) is 1. The molecule has 1 saturated carbocycles. The number of aromatic nitrogens is 2. The molecule has 1 fully saturated rings. The van der Waals surface area contributed by atoms with Gasteiger partial charge >= 0.3 is 0 Å². The maximum atomic E-state index is 9.33. The summed E-state index contributed by atoms with van der Waals surface area (Å²) in [5.74, 6) is 1.52. The Morgan fingerprint density at radius 1 is 1.52 bits per heavy atom. The molecule has 1 aliphatic carbocycles. The van der Waals surface area contributed by atoms with E-state index in [1.807, 2.05) is 12.1 Å². The summed E-state index contributed by atoms with van der Waals surface area (Å²) < 4.78 is 1.55. The molecule has 0 radical (unpaired) electrons. The van der Waals surface area contributed by atoms with E-state index in [-0.39, 0.29) is 0 Å². The number of halogens is 1. The van der Waals surface area contributed by atoms with Crippen molar-refractivity contribution in [1.82, 2.24) is 9.78 Å². The van der Waals surface area contributed by atoms with Gasteiger partial charge in [0.15, 0.2) is 5.82 Å². The molecule has 0 aliphatic heterocycles. The second-order valence-corrected chi connectivity index (χ2v) is 5.82. The molecule has 21 heavy (non-hydrogen) atoms. The molecular formula is C15H16ClN5. The SMILES string of the molecule is CC(Nc1nn(-c2cccc(Cl)c2)c(N)c1C#N)C1CC1. The minimum atomic E-state index is 0.291. The zero-order valence-electron chi connectivity index (χ0n) is 11.7. The predicted molar refractivity (Wildman–Crippen MR) is 83.5 cm³/mol. The molecule has 1 aromatic heterocycles. The van der Waals surface area contributed by atoms with Crippen molar-refractivity contribution < 1.29 is 0 Å². The van der Waals surface area contributed by atoms with Gasteiger partial charge in [-0.3, -0.25) is 0 Å². The Bertz CT molecular complexity index is 711. The number of anilines is 2. The molecule has 1 aromatic carbocycles. The Morgan fingerprint density at radius 3 is 2.90 bits per heavy atom. The number of nitrogens with zero attached hydrogens (tertiary/aromatic N) is 3. The summed E-state index contributed by atoms with van der Waals surface area (Å²) >= 11 is 6.00. The number of nitriles is 1. The van der Waals surface area contributed by atoms with Crippen molar-refractivity contribution in [2.24, 2.45) is 5.92 Å². The fourth-order valence-electron chi connectivity index (χ4n) is 2.38. The fourth-order valence-corrected chi connectivity index (χ4v) is 2.56. The molecule has 3 N–H and O–H groups in total. The van der Waals surface area contributed by atoms with Crippen molar-refractivity contribution >= 4 is 23.2 Å². The highest BCUT2D eigenvalue weighted by molar-refractivity contribution is 6.30. The summed E-state index contributed by atoms with van der Waals surface area (Å²) in [7, 11) is 0. The van der Waals surface area contributed by atoms with E-state index >= 15 is 0 Å². The molecule has 0 amide bonds. The van der Waals surface area contributed by atoms with E-state index in [2.05, 4.69) is 23.4 Å². The second-order valence-electron chi connectivity index (χ2n) is 5.38. The topological polar surface area (TPSA) is 79.7 Å². The third-order valence-corrected chi connectivity index (χ3v) is 4.01. The number of hydrogen-bond acceptors (Lipinski definition) is 4. The molecule has 0 saturated heterocycles. The van der Waals surface area contributed by atoms with Crippen LogP contribution in [0.4, 0.5) is 11.6 Å². The van der Waals surface area contributed by atoms with Crippen LogP contribution in [0.1, 0.15) is 25.3 Å². The molecular weight excluding hydrogens is 286 g/mol. The van der Waals surface area contributed by atoms with E-state index in [1.165, 1.54) is 12.8 Å². The summed E-state index contributed by atoms with van der Waals surface area (Å²) in [6.45, 7) is 2.10. The van der Waals surface area contributed by atoms with Crippen LogP contribution in [0.5, 0.6) is 0 Å². The predicted octanol–water partition coefficient (Wildman–Crippen LogP) is 3.19. The Labute approximate surface area is 128 Å². The van der Waals surface area contributed by atoms with Gasteiger partial charge in [0.2, 0.25) is 0 Å². The van der Waals surface area contributed by atoms with Gasteiger partial charge < -0.3 is 11.1 Å². The first-order valence-corrected chi connectivity index (χ1v) is 7.29.